The van der Waals surface area contributed by atoms with E-state index in [9.17, 15) is 4.79 Å². The minimum absolute atomic E-state index is 0.209. The monoisotopic (exact) mass is 376 g/mol. The number of nitrogens with zero attached hydrogens (tertiary/aromatic N) is 3. The standard InChI is InChI=1S/C21H20N4O3/c1-13-10-25-11-17(7-8-20(25)22-13)23-21(26)16-5-4-6-18(9-16)27-12-19-14(2)24-28-15(19)3/h4-11H,12H2,1-3H3,(H,23,26). The van der Waals surface area contributed by atoms with E-state index in [0.717, 1.165) is 28.4 Å². The maximum atomic E-state index is 12.6. The zero-order valence-corrected chi connectivity index (χ0v) is 15.9. The molecule has 1 amide bonds. The first kappa shape index (κ1) is 17.8. The molecule has 0 saturated carbocycles. The molecule has 3 aromatic heterocycles. The molecule has 0 aliphatic heterocycles. The molecule has 0 atom stereocenters. The summed E-state index contributed by atoms with van der Waals surface area (Å²) < 4.78 is 12.8. The number of ether oxygens (including phenoxy) is 1. The molecular weight excluding hydrogens is 356 g/mol. The Morgan fingerprint density at radius 3 is 2.82 bits per heavy atom. The molecule has 0 aliphatic rings. The number of aryl methyl sites for hydroxylation is 3. The minimum atomic E-state index is -0.209. The fraction of sp³-hybridized carbons (Fsp3) is 0.190. The smallest absolute Gasteiger partial charge is 0.255 e. The molecule has 3 heterocycles. The van der Waals surface area contributed by atoms with Gasteiger partial charge in [0.15, 0.2) is 0 Å². The van der Waals surface area contributed by atoms with Crippen LogP contribution in [-0.2, 0) is 6.61 Å². The molecule has 7 heteroatoms. The van der Waals surface area contributed by atoms with Crippen molar-refractivity contribution in [3.63, 3.8) is 0 Å². The van der Waals surface area contributed by atoms with Gasteiger partial charge >= 0.3 is 0 Å². The Bertz CT molecular complexity index is 1140. The van der Waals surface area contributed by atoms with Crippen molar-refractivity contribution in [3.05, 3.63) is 77.1 Å². The summed E-state index contributed by atoms with van der Waals surface area (Å²) in [4.78, 5) is 17.0. The number of amides is 1. The van der Waals surface area contributed by atoms with Crippen LogP contribution in [-0.4, -0.2) is 20.4 Å². The average Bonchev–Trinajstić information content (AvgIpc) is 3.21. The summed E-state index contributed by atoms with van der Waals surface area (Å²) in [6, 6.07) is 10.8. The predicted octanol–water partition coefficient (Wildman–Crippen LogP) is 4.08. The summed E-state index contributed by atoms with van der Waals surface area (Å²) in [5.74, 6) is 1.13. The van der Waals surface area contributed by atoms with Crippen molar-refractivity contribution in [1.82, 2.24) is 14.5 Å². The topological polar surface area (TPSA) is 81.7 Å². The number of fused-ring (bicyclic) bond motifs is 1. The molecule has 7 nitrogen and oxygen atoms in total. The van der Waals surface area contributed by atoms with E-state index >= 15 is 0 Å². The van der Waals surface area contributed by atoms with Crippen LogP contribution in [0, 0.1) is 20.8 Å². The normalized spacial score (nSPS) is 11.0. The van der Waals surface area contributed by atoms with Gasteiger partial charge in [0.2, 0.25) is 0 Å². The lowest BCUT2D eigenvalue weighted by Crippen LogP contribution is -2.12. The molecule has 0 aliphatic carbocycles. The van der Waals surface area contributed by atoms with Gasteiger partial charge in [0.1, 0.15) is 23.8 Å². The zero-order valence-electron chi connectivity index (χ0n) is 15.9. The number of benzene rings is 1. The highest BCUT2D eigenvalue weighted by atomic mass is 16.5. The minimum Gasteiger partial charge on any atom is -0.489 e. The number of carbonyl (C=O) groups is 1. The van der Waals surface area contributed by atoms with Crippen molar-refractivity contribution >= 4 is 17.2 Å². The fourth-order valence-corrected chi connectivity index (χ4v) is 2.99. The number of imidazole rings is 1. The van der Waals surface area contributed by atoms with E-state index < -0.39 is 0 Å². The second kappa shape index (κ2) is 7.19. The molecule has 0 radical (unpaired) electrons. The second-order valence-corrected chi connectivity index (χ2v) is 6.64. The first-order chi connectivity index (χ1) is 13.5. The van der Waals surface area contributed by atoms with Gasteiger partial charge < -0.3 is 19.0 Å². The first-order valence-corrected chi connectivity index (χ1v) is 8.91. The summed E-state index contributed by atoms with van der Waals surface area (Å²) in [6.45, 7) is 5.99. The van der Waals surface area contributed by atoms with Crippen LogP contribution >= 0.6 is 0 Å². The maximum Gasteiger partial charge on any atom is 0.255 e. The molecule has 0 unspecified atom stereocenters. The highest BCUT2D eigenvalue weighted by molar-refractivity contribution is 6.04. The predicted molar refractivity (Wildman–Crippen MR) is 105 cm³/mol. The molecule has 142 valence electrons. The Morgan fingerprint density at radius 2 is 2.04 bits per heavy atom. The van der Waals surface area contributed by atoms with Gasteiger partial charge in [-0.25, -0.2) is 4.98 Å². The lowest BCUT2D eigenvalue weighted by atomic mass is 10.2. The Kier molecular flexibility index (Phi) is 4.57. The number of carbonyl (C=O) groups excluding carboxylic acids is 1. The largest absolute Gasteiger partial charge is 0.489 e. The quantitative estimate of drug-likeness (QED) is 0.568. The fourth-order valence-electron chi connectivity index (χ4n) is 2.99. The summed E-state index contributed by atoms with van der Waals surface area (Å²) in [7, 11) is 0. The van der Waals surface area contributed by atoms with Crippen molar-refractivity contribution < 1.29 is 14.1 Å². The van der Waals surface area contributed by atoms with Gasteiger partial charge in [-0.3, -0.25) is 4.79 Å². The van der Waals surface area contributed by atoms with Crippen LogP contribution in [0.2, 0.25) is 0 Å². The van der Waals surface area contributed by atoms with E-state index in [1.54, 1.807) is 18.2 Å². The lowest BCUT2D eigenvalue weighted by molar-refractivity contribution is 0.102. The van der Waals surface area contributed by atoms with Crippen LogP contribution < -0.4 is 10.1 Å². The average molecular weight is 376 g/mol. The molecule has 4 rings (SSSR count). The van der Waals surface area contributed by atoms with E-state index in [4.69, 9.17) is 9.26 Å². The van der Waals surface area contributed by atoms with Crippen LogP contribution in [0.15, 0.2) is 53.3 Å². The van der Waals surface area contributed by atoms with Crippen LogP contribution in [0.25, 0.3) is 5.65 Å². The van der Waals surface area contributed by atoms with Crippen LogP contribution in [0.3, 0.4) is 0 Å². The Hall–Kier alpha value is -3.61. The van der Waals surface area contributed by atoms with Gasteiger partial charge in [0.05, 0.1) is 22.6 Å². The van der Waals surface area contributed by atoms with E-state index in [2.05, 4.69) is 15.5 Å². The van der Waals surface area contributed by atoms with E-state index in [-0.39, 0.29) is 5.91 Å². The third-order valence-electron chi connectivity index (χ3n) is 4.49. The van der Waals surface area contributed by atoms with Gasteiger partial charge in [-0.05, 0) is 51.1 Å². The lowest BCUT2D eigenvalue weighted by Gasteiger charge is -2.09. The summed E-state index contributed by atoms with van der Waals surface area (Å²) in [5.41, 5.74) is 4.68. The van der Waals surface area contributed by atoms with Gasteiger partial charge in [-0.1, -0.05) is 11.2 Å². The summed E-state index contributed by atoms with van der Waals surface area (Å²) >= 11 is 0. The molecule has 28 heavy (non-hydrogen) atoms. The van der Waals surface area contributed by atoms with Crippen molar-refractivity contribution in [2.24, 2.45) is 0 Å². The third-order valence-corrected chi connectivity index (χ3v) is 4.49. The SMILES string of the molecule is Cc1cn2cc(NC(=O)c3cccc(OCc4c(C)noc4C)c3)ccc2n1. The molecule has 4 aromatic rings. The Balaban J connectivity index is 1.47. The van der Waals surface area contributed by atoms with Crippen LogP contribution in [0.1, 0.15) is 33.1 Å². The number of aromatic nitrogens is 3. The molecule has 0 bridgehead atoms. The zero-order chi connectivity index (χ0) is 19.7. The van der Waals surface area contributed by atoms with Crippen LogP contribution in [0.5, 0.6) is 5.75 Å². The maximum absolute atomic E-state index is 12.6. The number of anilines is 1. The summed E-state index contributed by atoms with van der Waals surface area (Å²) in [6.07, 6.45) is 3.75. The van der Waals surface area contributed by atoms with E-state index in [0.29, 0.717) is 23.6 Å². The number of hydrogen-bond donors (Lipinski definition) is 1. The van der Waals surface area contributed by atoms with Gasteiger partial charge in [-0.15, -0.1) is 0 Å². The molecule has 0 fully saturated rings. The summed E-state index contributed by atoms with van der Waals surface area (Å²) in [5, 5.41) is 6.83. The molecular formula is C21H20N4O3. The number of nitrogens with one attached hydrogen (secondary N) is 1. The van der Waals surface area contributed by atoms with E-state index in [1.807, 2.05) is 55.8 Å². The molecule has 1 N–H and O–H groups in total. The van der Waals surface area contributed by atoms with Crippen molar-refractivity contribution in [1.29, 1.82) is 0 Å². The van der Waals surface area contributed by atoms with Crippen LogP contribution in [0.4, 0.5) is 5.69 Å². The number of rotatable bonds is 5. The number of pyridine rings is 1. The molecule has 1 aromatic carbocycles. The molecule has 0 spiro atoms. The Morgan fingerprint density at radius 1 is 1.18 bits per heavy atom. The van der Waals surface area contributed by atoms with Gasteiger partial charge in [0, 0.05) is 18.0 Å². The Labute approximate surface area is 161 Å². The van der Waals surface area contributed by atoms with Crippen molar-refractivity contribution in [2.75, 3.05) is 5.32 Å². The van der Waals surface area contributed by atoms with Gasteiger partial charge in [-0.2, -0.15) is 0 Å². The number of hydrogen-bond acceptors (Lipinski definition) is 5. The second-order valence-electron chi connectivity index (χ2n) is 6.64. The third kappa shape index (κ3) is 3.59. The van der Waals surface area contributed by atoms with Gasteiger partial charge in [0.25, 0.3) is 5.91 Å². The van der Waals surface area contributed by atoms with Crippen molar-refractivity contribution in [3.8, 4) is 5.75 Å². The highest BCUT2D eigenvalue weighted by Crippen LogP contribution is 2.19. The van der Waals surface area contributed by atoms with E-state index in [1.165, 1.54) is 0 Å². The first-order valence-electron chi connectivity index (χ1n) is 8.91. The highest BCUT2D eigenvalue weighted by Gasteiger charge is 2.11. The van der Waals surface area contributed by atoms with Crippen molar-refractivity contribution in [2.45, 2.75) is 27.4 Å². The molecule has 0 saturated heterocycles.